The lowest BCUT2D eigenvalue weighted by atomic mass is 10.4. The zero-order chi connectivity index (χ0) is 10.9. The second kappa shape index (κ2) is 8.75. The summed E-state index contributed by atoms with van der Waals surface area (Å²) in [4.78, 5) is 0. The third-order valence-electron chi connectivity index (χ3n) is 2.67. The number of hydrogen-bond acceptors (Lipinski definition) is 1. The van der Waals surface area contributed by atoms with E-state index < -0.39 is 8.32 Å². The Balaban J connectivity index is 4.11. The first-order valence-corrected chi connectivity index (χ1v) is 9.01. The van der Waals surface area contributed by atoms with Crippen LogP contribution in [0.25, 0.3) is 0 Å². The molecule has 86 valence electrons. The molecule has 0 fully saturated rings. The van der Waals surface area contributed by atoms with Crippen LogP contribution in [0.15, 0.2) is 0 Å². The van der Waals surface area contributed by atoms with Crippen LogP contribution in [0, 0.1) is 0 Å². The predicted octanol–water partition coefficient (Wildman–Crippen LogP) is 4.35. The van der Waals surface area contributed by atoms with Crippen molar-refractivity contribution < 1.29 is 4.43 Å². The number of rotatable bonds is 9. The molecule has 0 saturated heterocycles. The van der Waals surface area contributed by atoms with E-state index >= 15 is 0 Å². The molecule has 0 bridgehead atoms. The Morgan fingerprint density at radius 1 is 1.00 bits per heavy atom. The topological polar surface area (TPSA) is 9.23 Å². The summed E-state index contributed by atoms with van der Waals surface area (Å²) in [6.45, 7) is 7.40. The van der Waals surface area contributed by atoms with Crippen molar-refractivity contribution in [2.45, 2.75) is 58.5 Å². The van der Waals surface area contributed by atoms with Gasteiger partial charge in [-0.3, -0.25) is 0 Å². The zero-order valence-electron chi connectivity index (χ0n) is 9.94. The summed E-state index contributed by atoms with van der Waals surface area (Å²) in [5.74, 6) is 0. The molecule has 0 aliphatic rings. The highest BCUT2D eigenvalue weighted by Gasteiger charge is 2.32. The van der Waals surface area contributed by atoms with Gasteiger partial charge in [-0.25, -0.2) is 0 Å². The summed E-state index contributed by atoms with van der Waals surface area (Å²) in [7, 11) is -1.55. The van der Waals surface area contributed by atoms with Crippen molar-refractivity contribution in [2.75, 3.05) is 12.1 Å². The summed E-state index contributed by atoms with van der Waals surface area (Å²) in [5.41, 5.74) is 0.779. The molecule has 0 radical (unpaired) electrons. The Morgan fingerprint density at radius 3 is 1.79 bits per heavy atom. The highest BCUT2D eigenvalue weighted by atomic mass is 35.5. The standard InChI is InChI=1S/C11H25ClOSi/c1-4-7-9-14(11-12,13-6-3)10-8-5-2/h4-11H2,1-3H3. The lowest BCUT2D eigenvalue weighted by Crippen LogP contribution is -2.41. The Bertz CT molecular complexity index is 122. The van der Waals surface area contributed by atoms with Crippen molar-refractivity contribution in [3.8, 4) is 0 Å². The van der Waals surface area contributed by atoms with E-state index in [9.17, 15) is 0 Å². The van der Waals surface area contributed by atoms with E-state index in [2.05, 4.69) is 20.8 Å². The first-order chi connectivity index (χ1) is 6.74. The van der Waals surface area contributed by atoms with Crippen LogP contribution < -0.4 is 0 Å². The molecule has 0 aliphatic heterocycles. The Labute approximate surface area is 95.3 Å². The average Bonchev–Trinajstić information content (AvgIpc) is 2.22. The van der Waals surface area contributed by atoms with Crippen molar-refractivity contribution in [3.05, 3.63) is 0 Å². The molecule has 0 spiro atoms. The fraction of sp³-hybridized carbons (Fsp3) is 1.00. The molecule has 0 saturated carbocycles. The Morgan fingerprint density at radius 2 is 1.50 bits per heavy atom. The molecular weight excluding hydrogens is 212 g/mol. The van der Waals surface area contributed by atoms with Gasteiger partial charge in [-0.15, -0.1) is 11.6 Å². The molecule has 0 unspecified atom stereocenters. The second-order valence-corrected chi connectivity index (χ2v) is 8.68. The van der Waals surface area contributed by atoms with Crippen molar-refractivity contribution in [1.29, 1.82) is 0 Å². The first kappa shape index (κ1) is 14.5. The van der Waals surface area contributed by atoms with Crippen molar-refractivity contribution in [1.82, 2.24) is 0 Å². The molecule has 0 aromatic rings. The monoisotopic (exact) mass is 236 g/mol. The van der Waals surface area contributed by atoms with E-state index in [1.807, 2.05) is 0 Å². The van der Waals surface area contributed by atoms with Crippen LogP contribution in [0.4, 0.5) is 0 Å². The smallest absolute Gasteiger partial charge is 0.207 e. The van der Waals surface area contributed by atoms with E-state index in [0.717, 1.165) is 12.1 Å². The Hall–Kier alpha value is 0.467. The number of hydrogen-bond donors (Lipinski definition) is 0. The number of unbranched alkanes of at least 4 members (excludes halogenated alkanes) is 2. The van der Waals surface area contributed by atoms with Gasteiger partial charge >= 0.3 is 0 Å². The van der Waals surface area contributed by atoms with Crippen LogP contribution in [0.1, 0.15) is 46.5 Å². The van der Waals surface area contributed by atoms with Gasteiger partial charge in [0.1, 0.15) is 0 Å². The van der Waals surface area contributed by atoms with Gasteiger partial charge in [-0.2, -0.15) is 0 Å². The molecule has 0 heterocycles. The third kappa shape index (κ3) is 5.37. The molecule has 1 nitrogen and oxygen atoms in total. The highest BCUT2D eigenvalue weighted by molar-refractivity contribution is 6.79. The SMILES string of the molecule is CCCC[Si](CCl)(CCCC)OCC. The summed E-state index contributed by atoms with van der Waals surface area (Å²) in [6.07, 6.45) is 5.07. The van der Waals surface area contributed by atoms with Crippen LogP contribution in [0.3, 0.4) is 0 Å². The number of halogens is 1. The van der Waals surface area contributed by atoms with E-state index in [-0.39, 0.29) is 0 Å². The minimum Gasteiger partial charge on any atom is -0.416 e. The van der Waals surface area contributed by atoms with Gasteiger partial charge in [-0.1, -0.05) is 39.5 Å². The molecular formula is C11H25ClOSi. The highest BCUT2D eigenvalue weighted by Crippen LogP contribution is 2.24. The van der Waals surface area contributed by atoms with Crippen molar-refractivity contribution in [2.24, 2.45) is 0 Å². The maximum atomic E-state index is 6.11. The average molecular weight is 237 g/mol. The molecule has 0 aliphatic carbocycles. The van der Waals surface area contributed by atoms with Crippen LogP contribution >= 0.6 is 11.6 Å². The van der Waals surface area contributed by atoms with E-state index in [4.69, 9.17) is 16.0 Å². The zero-order valence-corrected chi connectivity index (χ0v) is 11.7. The second-order valence-electron chi connectivity index (χ2n) is 3.96. The van der Waals surface area contributed by atoms with Crippen LogP contribution in [-0.4, -0.2) is 20.4 Å². The van der Waals surface area contributed by atoms with Gasteiger partial charge in [-0.05, 0) is 19.0 Å². The van der Waals surface area contributed by atoms with E-state index in [0.29, 0.717) is 0 Å². The van der Waals surface area contributed by atoms with Crippen LogP contribution in [0.5, 0.6) is 0 Å². The summed E-state index contributed by atoms with van der Waals surface area (Å²) in [5, 5.41) is 0. The van der Waals surface area contributed by atoms with Gasteiger partial charge in [0.25, 0.3) is 0 Å². The van der Waals surface area contributed by atoms with Gasteiger partial charge in [0.15, 0.2) is 0 Å². The molecule has 0 amide bonds. The maximum Gasteiger partial charge on any atom is 0.207 e. The summed E-state index contributed by atoms with van der Waals surface area (Å²) >= 11 is 6.11. The summed E-state index contributed by atoms with van der Waals surface area (Å²) < 4.78 is 5.99. The first-order valence-electron chi connectivity index (χ1n) is 5.94. The van der Waals surface area contributed by atoms with Gasteiger partial charge in [0, 0.05) is 12.1 Å². The molecule has 0 atom stereocenters. The molecule has 0 N–H and O–H groups in total. The van der Waals surface area contributed by atoms with Gasteiger partial charge < -0.3 is 4.43 Å². The molecule has 0 rings (SSSR count). The molecule has 0 aromatic carbocycles. The van der Waals surface area contributed by atoms with Crippen molar-refractivity contribution in [3.63, 3.8) is 0 Å². The van der Waals surface area contributed by atoms with Crippen LogP contribution in [-0.2, 0) is 4.43 Å². The van der Waals surface area contributed by atoms with Gasteiger partial charge in [0.2, 0.25) is 8.32 Å². The minimum atomic E-state index is -1.55. The lowest BCUT2D eigenvalue weighted by Gasteiger charge is -2.29. The normalized spacial score (nSPS) is 12.0. The largest absolute Gasteiger partial charge is 0.416 e. The van der Waals surface area contributed by atoms with E-state index in [1.165, 1.54) is 37.8 Å². The third-order valence-corrected chi connectivity index (χ3v) is 8.04. The summed E-state index contributed by atoms with van der Waals surface area (Å²) in [6, 6.07) is 2.50. The molecule has 14 heavy (non-hydrogen) atoms. The fourth-order valence-electron chi connectivity index (χ4n) is 1.75. The van der Waals surface area contributed by atoms with Crippen molar-refractivity contribution >= 4 is 19.9 Å². The molecule has 3 heteroatoms. The minimum absolute atomic E-state index is 0.779. The Kier molecular flexibility index (Phi) is 9.04. The predicted molar refractivity (Wildman–Crippen MR) is 67.5 cm³/mol. The lowest BCUT2D eigenvalue weighted by molar-refractivity contribution is 0.320. The quantitative estimate of drug-likeness (QED) is 0.427. The maximum absolute atomic E-state index is 6.11. The van der Waals surface area contributed by atoms with E-state index in [1.54, 1.807) is 0 Å². The number of alkyl halides is 1. The van der Waals surface area contributed by atoms with Crippen LogP contribution in [0.2, 0.25) is 12.1 Å². The van der Waals surface area contributed by atoms with Gasteiger partial charge in [0.05, 0.1) is 0 Å². The molecule has 0 aromatic heterocycles. The fourth-order valence-corrected chi connectivity index (χ4v) is 6.27.